The number of fused-ring (bicyclic) bond motifs is 1. The van der Waals surface area contributed by atoms with Crippen LogP contribution in [0.4, 0.5) is 10.5 Å². The first-order valence-electron chi connectivity index (χ1n) is 11.4. The second-order valence-electron chi connectivity index (χ2n) is 8.29. The van der Waals surface area contributed by atoms with Gasteiger partial charge in [0.2, 0.25) is 0 Å². The number of hydrogen-bond donors (Lipinski definition) is 1. The third-order valence-electron chi connectivity index (χ3n) is 6.28. The normalized spacial score (nSPS) is 18.0. The fraction of sp³-hybridized carbons (Fsp3) is 0.400. The maximum absolute atomic E-state index is 13.1. The lowest BCUT2D eigenvalue weighted by molar-refractivity contribution is 0.0718. The lowest BCUT2D eigenvalue weighted by Crippen LogP contribution is -2.56. The molecule has 2 heterocycles. The summed E-state index contributed by atoms with van der Waals surface area (Å²) in [6.45, 7) is 8.86. The maximum Gasteiger partial charge on any atom is 0.322 e. The summed E-state index contributed by atoms with van der Waals surface area (Å²) < 4.78 is 1.80. The molecular formula is C25H31N5O2. The summed E-state index contributed by atoms with van der Waals surface area (Å²) in [4.78, 5) is 35.1. The number of piperazine rings is 1. The zero-order valence-corrected chi connectivity index (χ0v) is 19.0. The largest absolute Gasteiger partial charge is 0.322 e. The highest BCUT2D eigenvalue weighted by molar-refractivity contribution is 5.89. The van der Waals surface area contributed by atoms with Crippen LogP contribution in [0.25, 0.3) is 10.9 Å². The number of amides is 2. The highest BCUT2D eigenvalue weighted by atomic mass is 16.2. The SMILES string of the molecule is CCC(c1nc2ccccc2c(=O)n1CC)N1CCN(C(=O)Nc2ccccc2)C(C)C1. The number of benzene rings is 2. The fourth-order valence-electron chi connectivity index (χ4n) is 4.64. The van der Waals surface area contributed by atoms with Crippen LogP contribution in [-0.4, -0.2) is 51.1 Å². The van der Waals surface area contributed by atoms with E-state index in [2.05, 4.69) is 24.1 Å². The van der Waals surface area contributed by atoms with Crippen LogP contribution in [0.15, 0.2) is 59.4 Å². The predicted molar refractivity (Wildman–Crippen MR) is 128 cm³/mol. The van der Waals surface area contributed by atoms with Crippen LogP contribution < -0.4 is 10.9 Å². The molecule has 4 rings (SSSR count). The zero-order valence-electron chi connectivity index (χ0n) is 19.0. The molecule has 7 heteroatoms. The molecule has 0 saturated carbocycles. The highest BCUT2D eigenvalue weighted by Gasteiger charge is 2.33. The van der Waals surface area contributed by atoms with Crippen LogP contribution >= 0.6 is 0 Å². The molecule has 1 aliphatic heterocycles. The Morgan fingerprint density at radius 1 is 1.09 bits per heavy atom. The minimum Gasteiger partial charge on any atom is -0.319 e. The van der Waals surface area contributed by atoms with E-state index in [9.17, 15) is 9.59 Å². The minimum atomic E-state index is -0.0781. The van der Waals surface area contributed by atoms with E-state index in [1.54, 1.807) is 4.57 Å². The van der Waals surface area contributed by atoms with Gasteiger partial charge in [0.1, 0.15) is 5.82 Å². The monoisotopic (exact) mass is 433 g/mol. The van der Waals surface area contributed by atoms with E-state index in [0.717, 1.165) is 36.5 Å². The number of anilines is 1. The lowest BCUT2D eigenvalue weighted by atomic mass is 10.1. The quantitative estimate of drug-likeness (QED) is 0.658. The molecule has 0 spiro atoms. The van der Waals surface area contributed by atoms with Crippen molar-refractivity contribution in [1.29, 1.82) is 0 Å². The Morgan fingerprint density at radius 3 is 2.50 bits per heavy atom. The maximum atomic E-state index is 13.1. The molecule has 32 heavy (non-hydrogen) atoms. The molecule has 2 unspecified atom stereocenters. The number of nitrogens with zero attached hydrogens (tertiary/aromatic N) is 4. The van der Waals surface area contributed by atoms with E-state index in [1.807, 2.05) is 66.4 Å². The number of rotatable bonds is 5. The molecule has 2 amide bonds. The van der Waals surface area contributed by atoms with Crippen LogP contribution in [0.2, 0.25) is 0 Å². The van der Waals surface area contributed by atoms with Gasteiger partial charge in [-0.3, -0.25) is 14.3 Å². The van der Waals surface area contributed by atoms with Gasteiger partial charge in [0.15, 0.2) is 0 Å². The third-order valence-corrected chi connectivity index (χ3v) is 6.28. The van der Waals surface area contributed by atoms with Gasteiger partial charge >= 0.3 is 6.03 Å². The Kier molecular flexibility index (Phi) is 6.55. The molecule has 7 nitrogen and oxygen atoms in total. The number of nitrogens with one attached hydrogen (secondary N) is 1. The molecule has 2 atom stereocenters. The van der Waals surface area contributed by atoms with Gasteiger partial charge in [-0.2, -0.15) is 0 Å². The second kappa shape index (κ2) is 9.53. The number of aromatic nitrogens is 2. The van der Waals surface area contributed by atoms with Crippen molar-refractivity contribution >= 4 is 22.6 Å². The topological polar surface area (TPSA) is 70.5 Å². The summed E-state index contributed by atoms with van der Waals surface area (Å²) in [5.74, 6) is 0.813. The molecule has 0 aliphatic carbocycles. The van der Waals surface area contributed by atoms with Gasteiger partial charge < -0.3 is 10.2 Å². The first-order valence-corrected chi connectivity index (χ1v) is 11.4. The van der Waals surface area contributed by atoms with E-state index in [0.29, 0.717) is 18.5 Å². The summed E-state index contributed by atoms with van der Waals surface area (Å²) in [5.41, 5.74) is 1.55. The van der Waals surface area contributed by atoms with Crippen molar-refractivity contribution in [3.05, 3.63) is 70.8 Å². The summed E-state index contributed by atoms with van der Waals surface area (Å²) in [6.07, 6.45) is 0.841. The summed E-state index contributed by atoms with van der Waals surface area (Å²) in [7, 11) is 0. The third kappa shape index (κ3) is 4.25. The van der Waals surface area contributed by atoms with Gasteiger partial charge in [0, 0.05) is 37.9 Å². The number of hydrogen-bond acceptors (Lipinski definition) is 4. The summed E-state index contributed by atoms with van der Waals surface area (Å²) in [5, 5.41) is 3.64. The van der Waals surface area contributed by atoms with Gasteiger partial charge in [-0.1, -0.05) is 37.3 Å². The molecule has 1 N–H and O–H groups in total. The molecule has 1 saturated heterocycles. The molecule has 0 bridgehead atoms. The van der Waals surface area contributed by atoms with Crippen molar-refractivity contribution in [1.82, 2.24) is 19.4 Å². The van der Waals surface area contributed by atoms with Crippen molar-refractivity contribution in [2.75, 3.05) is 25.0 Å². The predicted octanol–water partition coefficient (Wildman–Crippen LogP) is 4.11. The smallest absolute Gasteiger partial charge is 0.319 e. The number of carbonyl (C=O) groups is 1. The Bertz CT molecular complexity index is 1140. The summed E-state index contributed by atoms with van der Waals surface area (Å²) >= 11 is 0. The first kappa shape index (κ1) is 22.0. The van der Waals surface area contributed by atoms with E-state index < -0.39 is 0 Å². The first-order chi connectivity index (χ1) is 15.5. The van der Waals surface area contributed by atoms with Gasteiger partial charge in [-0.25, -0.2) is 9.78 Å². The number of urea groups is 1. The number of carbonyl (C=O) groups excluding carboxylic acids is 1. The average molecular weight is 434 g/mol. The Balaban J connectivity index is 1.55. The molecule has 1 fully saturated rings. The number of para-hydroxylation sites is 2. The standard InChI is InChI=1S/C25H31N5O2/c1-4-22(23-27-21-14-10-9-13-20(21)24(31)29(23)5-2)28-15-16-30(18(3)17-28)25(32)26-19-11-7-6-8-12-19/h6-14,18,22H,4-5,15-17H2,1-3H3,(H,26,32). The van der Waals surface area contributed by atoms with E-state index in [4.69, 9.17) is 4.98 Å². The molecule has 1 aliphatic rings. The van der Waals surface area contributed by atoms with Crippen molar-refractivity contribution in [3.63, 3.8) is 0 Å². The van der Waals surface area contributed by atoms with E-state index in [-0.39, 0.29) is 23.7 Å². The second-order valence-corrected chi connectivity index (χ2v) is 8.29. The van der Waals surface area contributed by atoms with Crippen molar-refractivity contribution in [3.8, 4) is 0 Å². The molecule has 0 radical (unpaired) electrons. The Morgan fingerprint density at radius 2 is 1.81 bits per heavy atom. The van der Waals surface area contributed by atoms with Gasteiger partial charge in [0.05, 0.1) is 16.9 Å². The van der Waals surface area contributed by atoms with Crippen LogP contribution in [0.5, 0.6) is 0 Å². The van der Waals surface area contributed by atoms with Gasteiger partial charge in [-0.15, -0.1) is 0 Å². The molecule has 3 aromatic rings. The van der Waals surface area contributed by atoms with E-state index in [1.165, 1.54) is 0 Å². The fourth-order valence-corrected chi connectivity index (χ4v) is 4.64. The van der Waals surface area contributed by atoms with Crippen molar-refractivity contribution in [2.45, 2.75) is 45.8 Å². The Hall–Kier alpha value is -3.19. The van der Waals surface area contributed by atoms with Crippen LogP contribution in [0, 0.1) is 0 Å². The lowest BCUT2D eigenvalue weighted by Gasteiger charge is -2.43. The molecule has 168 valence electrons. The van der Waals surface area contributed by atoms with Gasteiger partial charge in [0.25, 0.3) is 5.56 Å². The molecular weight excluding hydrogens is 402 g/mol. The van der Waals surface area contributed by atoms with Gasteiger partial charge in [-0.05, 0) is 44.5 Å². The van der Waals surface area contributed by atoms with Crippen LogP contribution in [-0.2, 0) is 6.54 Å². The van der Waals surface area contributed by atoms with Crippen molar-refractivity contribution < 1.29 is 4.79 Å². The Labute approximate surface area is 188 Å². The van der Waals surface area contributed by atoms with Crippen molar-refractivity contribution in [2.24, 2.45) is 0 Å². The summed E-state index contributed by atoms with van der Waals surface area (Å²) in [6, 6.07) is 17.1. The molecule has 1 aromatic heterocycles. The van der Waals surface area contributed by atoms with Crippen LogP contribution in [0.1, 0.15) is 39.1 Å². The molecule has 2 aromatic carbocycles. The minimum absolute atomic E-state index is 0.0143. The average Bonchev–Trinajstić information content (AvgIpc) is 2.80. The van der Waals surface area contributed by atoms with Crippen LogP contribution in [0.3, 0.4) is 0 Å². The highest BCUT2D eigenvalue weighted by Crippen LogP contribution is 2.27. The van der Waals surface area contributed by atoms with E-state index >= 15 is 0 Å². The zero-order chi connectivity index (χ0) is 22.7.